The highest BCUT2D eigenvalue weighted by Gasteiger charge is 2.25. The Balaban J connectivity index is 3.13. The first-order valence-electron chi connectivity index (χ1n) is 5.73. The SMILES string of the molecule is COc1ccc(C)cc1C(=O)C(OC)C(C)C. The fourth-order valence-corrected chi connectivity index (χ4v) is 1.85. The smallest absolute Gasteiger partial charge is 0.195 e. The lowest BCUT2D eigenvalue weighted by molar-refractivity contribution is 0.0456. The van der Waals surface area contributed by atoms with Crippen LogP contribution in [0.5, 0.6) is 5.75 Å². The summed E-state index contributed by atoms with van der Waals surface area (Å²) in [6, 6.07) is 5.58. The zero-order valence-electron chi connectivity index (χ0n) is 11.1. The van der Waals surface area contributed by atoms with Gasteiger partial charge in [0.15, 0.2) is 5.78 Å². The topological polar surface area (TPSA) is 35.5 Å². The average molecular weight is 236 g/mol. The van der Waals surface area contributed by atoms with Gasteiger partial charge in [0.1, 0.15) is 11.9 Å². The number of benzene rings is 1. The number of methoxy groups -OCH3 is 2. The molecule has 0 fully saturated rings. The molecule has 3 nitrogen and oxygen atoms in total. The molecular weight excluding hydrogens is 216 g/mol. The first-order chi connectivity index (χ1) is 8.01. The van der Waals surface area contributed by atoms with Gasteiger partial charge in [-0.05, 0) is 25.0 Å². The minimum absolute atomic E-state index is 0.0250. The first kappa shape index (κ1) is 13.7. The maximum atomic E-state index is 12.3. The molecule has 94 valence electrons. The van der Waals surface area contributed by atoms with Gasteiger partial charge in [-0.25, -0.2) is 0 Å². The van der Waals surface area contributed by atoms with Crippen LogP contribution < -0.4 is 4.74 Å². The molecule has 0 heterocycles. The van der Waals surface area contributed by atoms with Gasteiger partial charge < -0.3 is 9.47 Å². The second-order valence-electron chi connectivity index (χ2n) is 4.47. The number of Topliss-reactive ketones (excluding diaryl/α,β-unsaturated/α-hetero) is 1. The van der Waals surface area contributed by atoms with Gasteiger partial charge in [-0.3, -0.25) is 4.79 Å². The number of carbonyl (C=O) groups is 1. The Kier molecular flexibility index (Phi) is 4.70. The van der Waals surface area contributed by atoms with Crippen molar-refractivity contribution in [1.29, 1.82) is 0 Å². The van der Waals surface area contributed by atoms with Crippen LogP contribution in [-0.4, -0.2) is 26.1 Å². The van der Waals surface area contributed by atoms with E-state index in [1.807, 2.05) is 39.0 Å². The van der Waals surface area contributed by atoms with Crippen LogP contribution >= 0.6 is 0 Å². The van der Waals surface area contributed by atoms with E-state index in [2.05, 4.69) is 0 Å². The summed E-state index contributed by atoms with van der Waals surface area (Å²) in [5.74, 6) is 0.712. The van der Waals surface area contributed by atoms with Crippen LogP contribution in [-0.2, 0) is 4.74 Å². The van der Waals surface area contributed by atoms with Crippen LogP contribution in [0.2, 0.25) is 0 Å². The van der Waals surface area contributed by atoms with Crippen molar-refractivity contribution in [3.8, 4) is 5.75 Å². The Bertz CT molecular complexity index is 396. The van der Waals surface area contributed by atoms with Crippen LogP contribution in [0, 0.1) is 12.8 Å². The molecule has 0 radical (unpaired) electrons. The highest BCUT2D eigenvalue weighted by atomic mass is 16.5. The van der Waals surface area contributed by atoms with Crippen molar-refractivity contribution in [1.82, 2.24) is 0 Å². The standard InChI is InChI=1S/C14H20O3/c1-9(2)14(17-5)13(15)11-8-10(3)6-7-12(11)16-4/h6-9,14H,1-5H3. The molecule has 0 N–H and O–H groups in total. The van der Waals surface area contributed by atoms with Crippen molar-refractivity contribution in [2.45, 2.75) is 26.9 Å². The van der Waals surface area contributed by atoms with Gasteiger partial charge in [0.2, 0.25) is 0 Å². The predicted octanol–water partition coefficient (Wildman–Crippen LogP) is 2.86. The summed E-state index contributed by atoms with van der Waals surface area (Å²) in [5, 5.41) is 0. The average Bonchev–Trinajstić information content (AvgIpc) is 2.29. The highest BCUT2D eigenvalue weighted by molar-refractivity contribution is 6.02. The molecule has 0 saturated carbocycles. The van der Waals surface area contributed by atoms with Crippen LogP contribution in [0.15, 0.2) is 18.2 Å². The first-order valence-corrected chi connectivity index (χ1v) is 5.73. The number of hydrogen-bond acceptors (Lipinski definition) is 3. The summed E-state index contributed by atoms with van der Waals surface area (Å²) in [7, 11) is 3.13. The third-order valence-corrected chi connectivity index (χ3v) is 2.74. The summed E-state index contributed by atoms with van der Waals surface area (Å²) in [6.45, 7) is 5.89. The van der Waals surface area contributed by atoms with E-state index in [-0.39, 0.29) is 11.7 Å². The van der Waals surface area contributed by atoms with Crippen molar-refractivity contribution in [2.75, 3.05) is 14.2 Å². The van der Waals surface area contributed by atoms with Gasteiger partial charge in [0.05, 0.1) is 12.7 Å². The predicted molar refractivity (Wildman–Crippen MR) is 67.7 cm³/mol. The van der Waals surface area contributed by atoms with Crippen molar-refractivity contribution in [3.63, 3.8) is 0 Å². The van der Waals surface area contributed by atoms with Crippen LogP contribution in [0.25, 0.3) is 0 Å². The fourth-order valence-electron chi connectivity index (χ4n) is 1.85. The van der Waals surface area contributed by atoms with E-state index in [9.17, 15) is 4.79 Å². The molecule has 0 aliphatic heterocycles. The number of carbonyl (C=O) groups excluding carboxylic acids is 1. The van der Waals surface area contributed by atoms with Gasteiger partial charge >= 0.3 is 0 Å². The molecule has 0 aliphatic rings. The lowest BCUT2D eigenvalue weighted by Crippen LogP contribution is -2.29. The molecule has 17 heavy (non-hydrogen) atoms. The third kappa shape index (κ3) is 3.07. The minimum atomic E-state index is -0.425. The summed E-state index contributed by atoms with van der Waals surface area (Å²) >= 11 is 0. The molecule has 3 heteroatoms. The lowest BCUT2D eigenvalue weighted by atomic mass is 9.96. The summed E-state index contributed by atoms with van der Waals surface area (Å²) in [6.07, 6.45) is -0.425. The third-order valence-electron chi connectivity index (χ3n) is 2.74. The largest absolute Gasteiger partial charge is 0.496 e. The Morgan fingerprint density at radius 3 is 2.35 bits per heavy atom. The lowest BCUT2D eigenvalue weighted by Gasteiger charge is -2.19. The van der Waals surface area contributed by atoms with E-state index >= 15 is 0 Å². The van der Waals surface area contributed by atoms with Crippen molar-refractivity contribution in [2.24, 2.45) is 5.92 Å². The zero-order valence-corrected chi connectivity index (χ0v) is 11.1. The molecule has 0 amide bonds. The van der Waals surface area contributed by atoms with Gasteiger partial charge in [0, 0.05) is 7.11 Å². The highest BCUT2D eigenvalue weighted by Crippen LogP contribution is 2.23. The molecular formula is C14H20O3. The monoisotopic (exact) mass is 236 g/mol. The molecule has 0 spiro atoms. The zero-order chi connectivity index (χ0) is 13.0. The van der Waals surface area contributed by atoms with Crippen molar-refractivity contribution in [3.05, 3.63) is 29.3 Å². The molecule has 1 atom stereocenters. The Morgan fingerprint density at radius 2 is 1.88 bits per heavy atom. The Labute approximate surface area is 103 Å². The summed E-state index contributed by atoms with van der Waals surface area (Å²) < 4.78 is 10.5. The van der Waals surface area contributed by atoms with Gasteiger partial charge in [-0.2, -0.15) is 0 Å². The van der Waals surface area contributed by atoms with Crippen LogP contribution in [0.3, 0.4) is 0 Å². The molecule has 0 bridgehead atoms. The van der Waals surface area contributed by atoms with Crippen LogP contribution in [0.4, 0.5) is 0 Å². The van der Waals surface area contributed by atoms with Gasteiger partial charge in [-0.1, -0.05) is 25.5 Å². The fraction of sp³-hybridized carbons (Fsp3) is 0.500. The van der Waals surface area contributed by atoms with E-state index in [4.69, 9.17) is 9.47 Å². The second-order valence-corrected chi connectivity index (χ2v) is 4.47. The van der Waals surface area contributed by atoms with Gasteiger partial charge in [0.25, 0.3) is 0 Å². The van der Waals surface area contributed by atoms with E-state index in [0.29, 0.717) is 11.3 Å². The Hall–Kier alpha value is -1.35. The number of rotatable bonds is 5. The number of hydrogen-bond donors (Lipinski definition) is 0. The quantitative estimate of drug-likeness (QED) is 0.737. The van der Waals surface area contributed by atoms with Crippen molar-refractivity contribution < 1.29 is 14.3 Å². The minimum Gasteiger partial charge on any atom is -0.496 e. The molecule has 0 aliphatic carbocycles. The normalized spacial score (nSPS) is 12.6. The Morgan fingerprint density at radius 1 is 1.24 bits per heavy atom. The molecule has 1 aromatic rings. The van der Waals surface area contributed by atoms with Gasteiger partial charge in [-0.15, -0.1) is 0 Å². The maximum Gasteiger partial charge on any atom is 0.195 e. The molecule has 1 rings (SSSR count). The molecule has 0 saturated heterocycles. The number of aryl methyl sites for hydroxylation is 1. The molecule has 0 aromatic heterocycles. The summed E-state index contributed by atoms with van der Waals surface area (Å²) in [5.41, 5.74) is 1.63. The van der Waals surface area contributed by atoms with Crippen LogP contribution in [0.1, 0.15) is 29.8 Å². The van der Waals surface area contributed by atoms with E-state index in [0.717, 1.165) is 5.56 Å². The summed E-state index contributed by atoms with van der Waals surface area (Å²) in [4.78, 5) is 12.3. The number of ether oxygens (including phenoxy) is 2. The molecule has 1 aromatic carbocycles. The number of ketones is 1. The maximum absolute atomic E-state index is 12.3. The molecule has 1 unspecified atom stereocenters. The van der Waals surface area contributed by atoms with Crippen molar-refractivity contribution >= 4 is 5.78 Å². The van der Waals surface area contributed by atoms with E-state index in [1.165, 1.54) is 0 Å². The second kappa shape index (κ2) is 5.82. The van der Waals surface area contributed by atoms with E-state index < -0.39 is 6.10 Å². The van der Waals surface area contributed by atoms with E-state index in [1.54, 1.807) is 14.2 Å².